The fourth-order valence-corrected chi connectivity index (χ4v) is 6.27. The van der Waals surface area contributed by atoms with Crippen LogP contribution in [-0.4, -0.2) is 54.0 Å². The largest absolute Gasteiger partial charge is 0.496 e. The number of para-hydroxylation sites is 1. The molecule has 5 rings (SSSR count). The Morgan fingerprint density at radius 2 is 1.71 bits per heavy atom. The van der Waals surface area contributed by atoms with E-state index in [0.29, 0.717) is 6.04 Å². The fourth-order valence-electron chi connectivity index (χ4n) is 6.27. The average Bonchev–Trinajstić information content (AvgIpc) is 3.44. The average molecular weight is 472 g/mol. The number of carbonyl (C=O) groups excluding carboxylic acids is 1. The number of ether oxygens (including phenoxy) is 1. The van der Waals surface area contributed by atoms with Crippen molar-refractivity contribution in [3.05, 3.63) is 71.8 Å². The molecule has 0 radical (unpaired) electrons. The fraction of sp³-hybridized carbons (Fsp3) is 0.433. The molecule has 35 heavy (non-hydrogen) atoms. The molecule has 0 aliphatic carbocycles. The molecule has 3 aromatic carbocycles. The summed E-state index contributed by atoms with van der Waals surface area (Å²) in [6, 6.07) is 21.7. The normalized spacial score (nSPS) is 20.1. The summed E-state index contributed by atoms with van der Waals surface area (Å²) in [5.41, 5.74) is 3.06. The second kappa shape index (κ2) is 9.54. The summed E-state index contributed by atoms with van der Waals surface area (Å²) in [6.07, 6.45) is 2.41. The predicted octanol–water partition coefficient (Wildman–Crippen LogP) is 6.09. The van der Waals surface area contributed by atoms with E-state index in [1.54, 1.807) is 7.11 Å². The van der Waals surface area contributed by atoms with Crippen LogP contribution in [0.15, 0.2) is 60.7 Å². The Labute approximate surface area is 209 Å². The van der Waals surface area contributed by atoms with Crippen LogP contribution in [0.5, 0.6) is 5.75 Å². The minimum Gasteiger partial charge on any atom is -0.496 e. The van der Waals surface area contributed by atoms with Crippen LogP contribution in [0, 0.1) is 0 Å². The summed E-state index contributed by atoms with van der Waals surface area (Å²) in [6.45, 7) is 10.4. The molecule has 2 fully saturated rings. The van der Waals surface area contributed by atoms with Crippen molar-refractivity contribution < 1.29 is 9.53 Å². The van der Waals surface area contributed by atoms with Crippen molar-refractivity contribution in [2.24, 2.45) is 0 Å². The maximum atomic E-state index is 14.5. The van der Waals surface area contributed by atoms with Crippen molar-refractivity contribution in [2.75, 3.05) is 25.1 Å². The monoisotopic (exact) mass is 471 g/mol. The van der Waals surface area contributed by atoms with Gasteiger partial charge in [-0.05, 0) is 64.1 Å². The zero-order valence-corrected chi connectivity index (χ0v) is 21.6. The van der Waals surface area contributed by atoms with Crippen molar-refractivity contribution >= 4 is 22.4 Å². The van der Waals surface area contributed by atoms with Gasteiger partial charge in [-0.15, -0.1) is 0 Å². The number of anilines is 1. The molecule has 3 aromatic rings. The summed E-state index contributed by atoms with van der Waals surface area (Å²) in [7, 11) is 1.70. The molecule has 0 bridgehead atoms. The SMILES string of the molecule is COc1cccc2ccc([C@H]3N(c4ccccc4)C[C@@H]4CCCN43)c(C(=O)N(C(C)C)C(C)C)c12. The van der Waals surface area contributed by atoms with Crippen molar-refractivity contribution in [1.29, 1.82) is 0 Å². The summed E-state index contributed by atoms with van der Waals surface area (Å²) >= 11 is 0. The van der Waals surface area contributed by atoms with Gasteiger partial charge in [-0.1, -0.05) is 42.5 Å². The first-order valence-corrected chi connectivity index (χ1v) is 12.9. The first kappa shape index (κ1) is 23.7. The molecule has 2 heterocycles. The van der Waals surface area contributed by atoms with Crippen LogP contribution >= 0.6 is 0 Å². The molecule has 2 saturated heterocycles. The Hall–Kier alpha value is -3.05. The second-order valence-electron chi connectivity index (χ2n) is 10.4. The van der Waals surface area contributed by atoms with E-state index in [0.717, 1.165) is 40.7 Å². The number of amides is 1. The highest BCUT2D eigenvalue weighted by Gasteiger charge is 2.44. The lowest BCUT2D eigenvalue weighted by Gasteiger charge is -2.36. The molecule has 0 N–H and O–H groups in total. The maximum absolute atomic E-state index is 14.5. The molecule has 2 atom stereocenters. The van der Waals surface area contributed by atoms with Gasteiger partial charge < -0.3 is 14.5 Å². The number of rotatable bonds is 6. The van der Waals surface area contributed by atoms with Crippen LogP contribution in [0.2, 0.25) is 0 Å². The van der Waals surface area contributed by atoms with Gasteiger partial charge in [-0.3, -0.25) is 9.69 Å². The van der Waals surface area contributed by atoms with Crippen molar-refractivity contribution in [1.82, 2.24) is 9.80 Å². The first-order valence-electron chi connectivity index (χ1n) is 12.9. The number of benzene rings is 3. The smallest absolute Gasteiger partial charge is 0.255 e. The zero-order valence-electron chi connectivity index (χ0n) is 21.6. The quantitative estimate of drug-likeness (QED) is 0.436. The molecule has 0 spiro atoms. The second-order valence-corrected chi connectivity index (χ2v) is 10.4. The molecule has 2 aliphatic rings. The Balaban J connectivity index is 1.77. The lowest BCUT2D eigenvalue weighted by atomic mass is 9.93. The van der Waals surface area contributed by atoms with Crippen LogP contribution < -0.4 is 9.64 Å². The van der Waals surface area contributed by atoms with Gasteiger partial charge in [0.05, 0.1) is 12.7 Å². The van der Waals surface area contributed by atoms with E-state index in [2.05, 4.69) is 86.0 Å². The Bertz CT molecular complexity index is 1200. The van der Waals surface area contributed by atoms with E-state index in [-0.39, 0.29) is 24.2 Å². The molecule has 5 heteroatoms. The van der Waals surface area contributed by atoms with Crippen LogP contribution in [0.25, 0.3) is 10.8 Å². The van der Waals surface area contributed by atoms with E-state index >= 15 is 0 Å². The van der Waals surface area contributed by atoms with Crippen molar-refractivity contribution in [3.63, 3.8) is 0 Å². The Morgan fingerprint density at radius 3 is 2.40 bits per heavy atom. The van der Waals surface area contributed by atoms with E-state index in [4.69, 9.17) is 4.74 Å². The number of hydrogen-bond acceptors (Lipinski definition) is 4. The van der Waals surface area contributed by atoms with E-state index in [1.165, 1.54) is 18.5 Å². The lowest BCUT2D eigenvalue weighted by molar-refractivity contribution is 0.0642. The van der Waals surface area contributed by atoms with Crippen molar-refractivity contribution in [2.45, 2.75) is 64.8 Å². The van der Waals surface area contributed by atoms with Gasteiger partial charge in [0.2, 0.25) is 0 Å². The van der Waals surface area contributed by atoms with Crippen LogP contribution in [0.3, 0.4) is 0 Å². The van der Waals surface area contributed by atoms with Gasteiger partial charge in [-0.25, -0.2) is 0 Å². The van der Waals surface area contributed by atoms with E-state index in [1.807, 2.05) is 17.0 Å². The minimum absolute atomic E-state index is 0.0133. The van der Waals surface area contributed by atoms with E-state index in [9.17, 15) is 4.79 Å². The number of nitrogens with zero attached hydrogens (tertiary/aromatic N) is 3. The van der Waals surface area contributed by atoms with Crippen LogP contribution in [0.4, 0.5) is 5.69 Å². The third kappa shape index (κ3) is 4.06. The Morgan fingerprint density at radius 1 is 0.971 bits per heavy atom. The molecular formula is C30H37N3O2. The molecular weight excluding hydrogens is 434 g/mol. The number of hydrogen-bond donors (Lipinski definition) is 0. The third-order valence-electron chi connectivity index (χ3n) is 7.63. The molecule has 184 valence electrons. The topological polar surface area (TPSA) is 36.0 Å². The van der Waals surface area contributed by atoms with Gasteiger partial charge in [0.25, 0.3) is 5.91 Å². The highest BCUT2D eigenvalue weighted by molar-refractivity contribution is 6.11. The van der Waals surface area contributed by atoms with Gasteiger partial charge in [-0.2, -0.15) is 0 Å². The minimum atomic E-state index is 0.0133. The Kier molecular flexibility index (Phi) is 6.45. The maximum Gasteiger partial charge on any atom is 0.255 e. The van der Waals surface area contributed by atoms with Crippen molar-refractivity contribution in [3.8, 4) is 5.75 Å². The summed E-state index contributed by atoms with van der Waals surface area (Å²) in [5.74, 6) is 0.832. The summed E-state index contributed by atoms with van der Waals surface area (Å²) in [5, 5.41) is 1.95. The van der Waals surface area contributed by atoms with Crippen LogP contribution in [-0.2, 0) is 0 Å². The van der Waals surface area contributed by atoms with Gasteiger partial charge >= 0.3 is 0 Å². The highest BCUT2D eigenvalue weighted by Crippen LogP contribution is 2.45. The molecule has 0 aromatic heterocycles. The van der Waals surface area contributed by atoms with Gasteiger partial charge in [0, 0.05) is 47.9 Å². The van der Waals surface area contributed by atoms with E-state index < -0.39 is 0 Å². The first-order chi connectivity index (χ1) is 16.9. The highest BCUT2D eigenvalue weighted by atomic mass is 16.5. The lowest BCUT2D eigenvalue weighted by Crippen LogP contribution is -2.43. The molecule has 5 nitrogen and oxygen atoms in total. The number of methoxy groups -OCH3 is 1. The van der Waals surface area contributed by atoms with Gasteiger partial charge in [0.15, 0.2) is 0 Å². The summed E-state index contributed by atoms with van der Waals surface area (Å²) < 4.78 is 5.84. The summed E-state index contributed by atoms with van der Waals surface area (Å²) in [4.78, 5) is 21.6. The molecule has 2 aliphatic heterocycles. The molecule has 1 amide bonds. The molecule has 0 saturated carbocycles. The number of fused-ring (bicyclic) bond motifs is 2. The molecule has 0 unspecified atom stereocenters. The van der Waals surface area contributed by atoms with Crippen LogP contribution in [0.1, 0.15) is 62.6 Å². The predicted molar refractivity (Wildman–Crippen MR) is 143 cm³/mol. The third-order valence-corrected chi connectivity index (χ3v) is 7.63. The number of carbonyl (C=O) groups is 1. The van der Waals surface area contributed by atoms with Gasteiger partial charge in [0.1, 0.15) is 11.9 Å². The zero-order chi connectivity index (χ0) is 24.7. The standard InChI is InChI=1S/C30H37N3O2/c1-20(2)33(21(3)4)30(34)28-25(17-16-22-11-9-15-26(35-5)27(22)28)29-31-18-10-14-24(31)19-32(29)23-12-7-6-8-13-23/h6-9,11-13,15-17,20-21,24,29H,10,14,18-19H2,1-5H3/t24-,29+/m0/s1.